The molecule has 0 unspecified atom stereocenters. The first-order valence-electron chi connectivity index (χ1n) is 7.59. The minimum Gasteiger partial charge on any atom is -0.454 e. The molecule has 1 saturated carbocycles. The second-order valence-corrected chi connectivity index (χ2v) is 5.94. The predicted molar refractivity (Wildman–Crippen MR) is 78.7 cm³/mol. The summed E-state index contributed by atoms with van der Waals surface area (Å²) in [5.74, 6) is 0.871. The van der Waals surface area contributed by atoms with E-state index in [2.05, 4.69) is 0 Å². The number of aliphatic hydroxyl groups is 1. The van der Waals surface area contributed by atoms with Crippen molar-refractivity contribution in [1.29, 1.82) is 0 Å². The van der Waals surface area contributed by atoms with Crippen LogP contribution >= 0.6 is 0 Å². The van der Waals surface area contributed by atoms with Crippen LogP contribution in [0.4, 0.5) is 5.69 Å². The van der Waals surface area contributed by atoms with E-state index in [1.54, 1.807) is 0 Å². The number of rotatable bonds is 4. The van der Waals surface area contributed by atoms with Crippen LogP contribution in [0.3, 0.4) is 0 Å². The van der Waals surface area contributed by atoms with Crippen molar-refractivity contribution in [2.24, 2.45) is 11.7 Å². The van der Waals surface area contributed by atoms with Crippen LogP contribution in [0, 0.1) is 16.0 Å². The van der Waals surface area contributed by atoms with E-state index in [0.29, 0.717) is 17.1 Å². The molecule has 1 aromatic carbocycles. The molecule has 1 aromatic rings. The highest BCUT2D eigenvalue weighted by Gasteiger charge is 2.33. The molecule has 3 rings (SSSR count). The van der Waals surface area contributed by atoms with Gasteiger partial charge in [-0.1, -0.05) is 19.3 Å². The fourth-order valence-corrected chi connectivity index (χ4v) is 3.32. The number of nitro groups is 1. The van der Waals surface area contributed by atoms with Crippen molar-refractivity contribution in [2.75, 3.05) is 6.79 Å². The summed E-state index contributed by atoms with van der Waals surface area (Å²) in [6, 6.07) is 2.04. The molecule has 1 aliphatic heterocycles. The summed E-state index contributed by atoms with van der Waals surface area (Å²) in [5, 5.41) is 21.8. The molecule has 1 heterocycles. The molecule has 0 aromatic heterocycles. The van der Waals surface area contributed by atoms with Crippen LogP contribution in [-0.4, -0.2) is 22.9 Å². The molecule has 0 bridgehead atoms. The van der Waals surface area contributed by atoms with Crippen LogP contribution < -0.4 is 15.2 Å². The quantitative estimate of drug-likeness (QED) is 0.652. The average molecular weight is 308 g/mol. The Morgan fingerprint density at radius 3 is 2.50 bits per heavy atom. The molecule has 7 heteroatoms. The first kappa shape index (κ1) is 15.1. The van der Waals surface area contributed by atoms with Crippen molar-refractivity contribution < 1.29 is 19.5 Å². The minimum atomic E-state index is -0.807. The molecule has 7 nitrogen and oxygen atoms in total. The van der Waals surface area contributed by atoms with Crippen molar-refractivity contribution in [3.63, 3.8) is 0 Å². The highest BCUT2D eigenvalue weighted by molar-refractivity contribution is 5.56. The molecule has 120 valence electrons. The van der Waals surface area contributed by atoms with E-state index in [9.17, 15) is 15.2 Å². The number of hydrogen-bond donors (Lipinski definition) is 2. The van der Waals surface area contributed by atoms with Crippen molar-refractivity contribution >= 4 is 5.69 Å². The number of ether oxygens (including phenoxy) is 2. The van der Waals surface area contributed by atoms with E-state index in [4.69, 9.17) is 15.2 Å². The lowest BCUT2D eigenvalue weighted by atomic mass is 9.81. The van der Waals surface area contributed by atoms with E-state index in [1.807, 2.05) is 0 Å². The highest BCUT2D eigenvalue weighted by atomic mass is 16.7. The van der Waals surface area contributed by atoms with Crippen LogP contribution in [0.5, 0.6) is 11.5 Å². The van der Waals surface area contributed by atoms with Crippen LogP contribution in [0.1, 0.15) is 43.7 Å². The standard InChI is InChI=1S/C15H20N2O5/c16-14(15(18)9-4-2-1-3-5-9)10-6-12-13(22-8-21-12)7-11(10)17(19)20/h6-7,9,14-15,18H,1-5,8,16H2/t14-,15+/m1/s1. The molecule has 1 fully saturated rings. The van der Waals surface area contributed by atoms with Gasteiger partial charge in [-0.05, 0) is 24.8 Å². The zero-order valence-electron chi connectivity index (χ0n) is 12.2. The molecular formula is C15H20N2O5. The van der Waals surface area contributed by atoms with Crippen LogP contribution in [0.25, 0.3) is 0 Å². The van der Waals surface area contributed by atoms with Gasteiger partial charge >= 0.3 is 0 Å². The zero-order chi connectivity index (χ0) is 15.7. The first-order chi connectivity index (χ1) is 10.6. The average Bonchev–Trinajstić information content (AvgIpc) is 3.00. The highest BCUT2D eigenvalue weighted by Crippen LogP contribution is 2.41. The topological polar surface area (TPSA) is 108 Å². The SMILES string of the molecule is N[C@H](c1cc2c(cc1[N+](=O)[O-])OCO2)[C@@H](O)C1CCCCC1. The van der Waals surface area contributed by atoms with Gasteiger partial charge < -0.3 is 20.3 Å². The van der Waals surface area contributed by atoms with Crippen LogP contribution in [0.2, 0.25) is 0 Å². The normalized spacial score (nSPS) is 20.6. The lowest BCUT2D eigenvalue weighted by Gasteiger charge is -2.30. The number of aliphatic hydroxyl groups excluding tert-OH is 1. The van der Waals surface area contributed by atoms with Crippen molar-refractivity contribution in [2.45, 2.75) is 44.2 Å². The lowest BCUT2D eigenvalue weighted by Crippen LogP contribution is -2.34. The summed E-state index contributed by atoms with van der Waals surface area (Å²) in [6.45, 7) is 0.0381. The predicted octanol–water partition coefficient (Wildman–Crippen LogP) is 2.26. The Bertz CT molecular complexity index is 571. The van der Waals surface area contributed by atoms with Gasteiger partial charge in [0.05, 0.1) is 28.7 Å². The maximum absolute atomic E-state index is 11.3. The van der Waals surface area contributed by atoms with Gasteiger partial charge in [0.2, 0.25) is 6.79 Å². The third-order valence-electron chi connectivity index (χ3n) is 4.58. The Balaban J connectivity index is 1.90. The number of nitro benzene ring substituents is 1. The molecule has 2 aliphatic rings. The number of hydrogen-bond acceptors (Lipinski definition) is 6. The largest absolute Gasteiger partial charge is 0.454 e. The Morgan fingerprint density at radius 2 is 1.86 bits per heavy atom. The molecule has 0 radical (unpaired) electrons. The zero-order valence-corrected chi connectivity index (χ0v) is 12.2. The molecule has 0 amide bonds. The molecule has 22 heavy (non-hydrogen) atoms. The van der Waals surface area contributed by atoms with Gasteiger partial charge in [-0.3, -0.25) is 10.1 Å². The molecule has 1 aliphatic carbocycles. The van der Waals surface area contributed by atoms with E-state index >= 15 is 0 Å². The van der Waals surface area contributed by atoms with Gasteiger partial charge in [0.15, 0.2) is 11.5 Å². The van der Waals surface area contributed by atoms with Crippen molar-refractivity contribution in [3.05, 3.63) is 27.8 Å². The van der Waals surface area contributed by atoms with E-state index in [1.165, 1.54) is 18.6 Å². The first-order valence-corrected chi connectivity index (χ1v) is 7.59. The van der Waals surface area contributed by atoms with Crippen LogP contribution in [0.15, 0.2) is 12.1 Å². The molecule has 3 N–H and O–H groups in total. The maximum atomic E-state index is 11.3. The monoisotopic (exact) mass is 308 g/mol. The number of nitrogens with two attached hydrogens (primary N) is 1. The number of fused-ring (bicyclic) bond motifs is 1. The van der Waals surface area contributed by atoms with Gasteiger partial charge in [-0.2, -0.15) is 0 Å². The van der Waals surface area contributed by atoms with Gasteiger partial charge in [0.25, 0.3) is 5.69 Å². The van der Waals surface area contributed by atoms with E-state index < -0.39 is 17.1 Å². The van der Waals surface area contributed by atoms with Gasteiger partial charge in [-0.15, -0.1) is 0 Å². The fraction of sp³-hybridized carbons (Fsp3) is 0.600. The van der Waals surface area contributed by atoms with Gasteiger partial charge in [0, 0.05) is 0 Å². The molecule has 0 saturated heterocycles. The summed E-state index contributed by atoms with van der Waals surface area (Å²) in [6.07, 6.45) is 4.33. The molecule has 2 atom stereocenters. The third kappa shape index (κ3) is 2.74. The Labute approximate surface area is 128 Å². The second kappa shape index (κ2) is 6.10. The summed E-state index contributed by atoms with van der Waals surface area (Å²) in [7, 11) is 0. The van der Waals surface area contributed by atoms with E-state index in [-0.39, 0.29) is 18.4 Å². The van der Waals surface area contributed by atoms with Gasteiger partial charge in [-0.25, -0.2) is 0 Å². The van der Waals surface area contributed by atoms with E-state index in [0.717, 1.165) is 25.7 Å². The Kier molecular flexibility index (Phi) is 4.17. The molecular weight excluding hydrogens is 288 g/mol. The Hall–Kier alpha value is -1.86. The summed E-state index contributed by atoms with van der Waals surface area (Å²) in [4.78, 5) is 10.8. The minimum absolute atomic E-state index is 0.0381. The lowest BCUT2D eigenvalue weighted by molar-refractivity contribution is -0.385. The van der Waals surface area contributed by atoms with Gasteiger partial charge in [0.1, 0.15) is 0 Å². The van der Waals surface area contributed by atoms with Crippen molar-refractivity contribution in [1.82, 2.24) is 0 Å². The Morgan fingerprint density at radius 1 is 1.23 bits per heavy atom. The second-order valence-electron chi connectivity index (χ2n) is 5.94. The fourth-order valence-electron chi connectivity index (χ4n) is 3.32. The summed E-state index contributed by atoms with van der Waals surface area (Å²) in [5.41, 5.74) is 6.32. The van der Waals surface area contributed by atoms with Crippen LogP contribution in [-0.2, 0) is 0 Å². The maximum Gasteiger partial charge on any atom is 0.278 e. The summed E-state index contributed by atoms with van der Waals surface area (Å²) >= 11 is 0. The number of benzene rings is 1. The molecule has 0 spiro atoms. The third-order valence-corrected chi connectivity index (χ3v) is 4.58. The smallest absolute Gasteiger partial charge is 0.278 e. The van der Waals surface area contributed by atoms with Crippen molar-refractivity contribution in [3.8, 4) is 11.5 Å². The summed E-state index contributed by atoms with van der Waals surface area (Å²) < 4.78 is 10.4. The number of nitrogens with zero attached hydrogens (tertiary/aromatic N) is 1.